The maximum absolute atomic E-state index is 5.97. The Morgan fingerprint density at radius 2 is 1.87 bits per heavy atom. The number of rotatable bonds is 8. The predicted octanol–water partition coefficient (Wildman–Crippen LogP) is 3.42. The molecule has 0 saturated carbocycles. The summed E-state index contributed by atoms with van der Waals surface area (Å²) in [7, 11) is 0. The van der Waals surface area contributed by atoms with Crippen LogP contribution in [0, 0.1) is 0 Å². The molecule has 23 heavy (non-hydrogen) atoms. The van der Waals surface area contributed by atoms with Gasteiger partial charge in [-0.1, -0.05) is 48.5 Å². The first-order valence-corrected chi connectivity index (χ1v) is 8.49. The van der Waals surface area contributed by atoms with Gasteiger partial charge < -0.3 is 14.8 Å². The number of nitrogens with one attached hydrogen (secondary N) is 1. The largest absolute Gasteiger partial charge is 0.492 e. The van der Waals surface area contributed by atoms with Gasteiger partial charge in [-0.3, -0.25) is 0 Å². The van der Waals surface area contributed by atoms with Crippen LogP contribution in [-0.4, -0.2) is 32.4 Å². The van der Waals surface area contributed by atoms with Gasteiger partial charge in [0, 0.05) is 26.1 Å². The lowest BCUT2D eigenvalue weighted by Gasteiger charge is -2.13. The van der Waals surface area contributed by atoms with E-state index < -0.39 is 0 Å². The van der Waals surface area contributed by atoms with Crippen LogP contribution in [0.5, 0.6) is 5.75 Å². The monoisotopic (exact) mass is 311 g/mol. The molecule has 1 N–H and O–H groups in total. The minimum absolute atomic E-state index is 0.389. The van der Waals surface area contributed by atoms with Gasteiger partial charge in [-0.15, -0.1) is 0 Å². The van der Waals surface area contributed by atoms with Crippen LogP contribution >= 0.6 is 0 Å². The third kappa shape index (κ3) is 5.08. The maximum atomic E-state index is 5.97. The van der Waals surface area contributed by atoms with Crippen molar-refractivity contribution in [3.8, 4) is 5.75 Å². The summed E-state index contributed by atoms with van der Waals surface area (Å²) < 4.78 is 11.6. The van der Waals surface area contributed by atoms with Crippen molar-refractivity contribution in [2.24, 2.45) is 0 Å². The Kier molecular flexibility index (Phi) is 6.07. The fraction of sp³-hybridized carbons (Fsp3) is 0.400. The molecular weight excluding hydrogens is 286 g/mol. The molecule has 122 valence electrons. The van der Waals surface area contributed by atoms with E-state index >= 15 is 0 Å². The summed E-state index contributed by atoms with van der Waals surface area (Å²) in [5.41, 5.74) is 2.54. The van der Waals surface area contributed by atoms with Gasteiger partial charge >= 0.3 is 0 Å². The lowest BCUT2D eigenvalue weighted by atomic mass is 10.0. The summed E-state index contributed by atoms with van der Waals surface area (Å²) in [6, 6.07) is 18.8. The molecular formula is C20H25NO2. The summed E-state index contributed by atoms with van der Waals surface area (Å²) >= 11 is 0. The first-order chi connectivity index (χ1) is 11.4. The fourth-order valence-corrected chi connectivity index (χ4v) is 2.91. The van der Waals surface area contributed by atoms with Crippen molar-refractivity contribution in [1.29, 1.82) is 0 Å². The normalized spacial score (nSPS) is 17.3. The van der Waals surface area contributed by atoms with E-state index in [-0.39, 0.29) is 0 Å². The first kappa shape index (κ1) is 16.0. The van der Waals surface area contributed by atoms with E-state index in [1.54, 1.807) is 0 Å². The van der Waals surface area contributed by atoms with Gasteiger partial charge in [0.2, 0.25) is 0 Å². The Balaban J connectivity index is 1.46. The zero-order valence-electron chi connectivity index (χ0n) is 13.5. The van der Waals surface area contributed by atoms with Gasteiger partial charge in [0.05, 0.1) is 6.10 Å². The first-order valence-electron chi connectivity index (χ1n) is 8.49. The third-order valence-electron chi connectivity index (χ3n) is 4.14. The van der Waals surface area contributed by atoms with Crippen molar-refractivity contribution >= 4 is 0 Å². The molecule has 1 aliphatic rings. The second-order valence-electron chi connectivity index (χ2n) is 5.96. The molecule has 3 nitrogen and oxygen atoms in total. The number of ether oxygens (including phenoxy) is 2. The van der Waals surface area contributed by atoms with Crippen molar-refractivity contribution in [3.05, 3.63) is 65.7 Å². The highest BCUT2D eigenvalue weighted by molar-refractivity contribution is 5.37. The minimum atomic E-state index is 0.389. The summed E-state index contributed by atoms with van der Waals surface area (Å²) in [6.45, 7) is 3.36. The lowest BCUT2D eigenvalue weighted by molar-refractivity contribution is 0.109. The average Bonchev–Trinajstić information content (AvgIpc) is 3.10. The van der Waals surface area contributed by atoms with Gasteiger partial charge in [-0.05, 0) is 30.0 Å². The molecule has 0 bridgehead atoms. The van der Waals surface area contributed by atoms with Crippen molar-refractivity contribution in [2.75, 3.05) is 26.3 Å². The highest BCUT2D eigenvalue weighted by Gasteiger charge is 2.14. The molecule has 3 rings (SSSR count). The van der Waals surface area contributed by atoms with Gasteiger partial charge in [0.25, 0.3) is 0 Å². The van der Waals surface area contributed by atoms with Crippen LogP contribution < -0.4 is 10.1 Å². The van der Waals surface area contributed by atoms with Crippen LogP contribution in [0.15, 0.2) is 54.6 Å². The van der Waals surface area contributed by atoms with E-state index in [1.165, 1.54) is 24.0 Å². The Labute approximate surface area is 138 Å². The predicted molar refractivity (Wildman–Crippen MR) is 93.0 cm³/mol. The van der Waals surface area contributed by atoms with Crippen molar-refractivity contribution in [1.82, 2.24) is 5.32 Å². The molecule has 1 heterocycles. The van der Waals surface area contributed by atoms with Crippen LogP contribution in [0.3, 0.4) is 0 Å². The van der Waals surface area contributed by atoms with Crippen LogP contribution in [0.2, 0.25) is 0 Å². The highest BCUT2D eigenvalue weighted by Crippen LogP contribution is 2.21. The average molecular weight is 311 g/mol. The Hall–Kier alpha value is -1.84. The standard InChI is InChI=1S/C20H25NO2/c1-2-7-17(8-3-1)15-18-9-4-5-11-20(18)23-14-12-21-16-19-10-6-13-22-19/h1-5,7-9,11,19,21H,6,10,12-16H2. The molecule has 3 heteroatoms. The van der Waals surface area contributed by atoms with Crippen LogP contribution in [0.25, 0.3) is 0 Å². The topological polar surface area (TPSA) is 30.5 Å². The molecule has 1 atom stereocenters. The van der Waals surface area contributed by atoms with E-state index in [2.05, 4.69) is 47.8 Å². The summed E-state index contributed by atoms with van der Waals surface area (Å²) in [5.74, 6) is 0.982. The zero-order chi connectivity index (χ0) is 15.7. The smallest absolute Gasteiger partial charge is 0.122 e. The van der Waals surface area contributed by atoms with Gasteiger partial charge in [-0.2, -0.15) is 0 Å². The Bertz CT molecular complexity index is 579. The van der Waals surface area contributed by atoms with Crippen molar-refractivity contribution in [2.45, 2.75) is 25.4 Å². The quantitative estimate of drug-likeness (QED) is 0.758. The molecule has 1 unspecified atom stereocenters. The van der Waals surface area contributed by atoms with E-state index in [0.29, 0.717) is 12.7 Å². The SMILES string of the molecule is c1ccc(Cc2ccccc2OCCNCC2CCCO2)cc1. The highest BCUT2D eigenvalue weighted by atomic mass is 16.5. The van der Waals surface area contributed by atoms with Gasteiger partial charge in [-0.25, -0.2) is 0 Å². The van der Waals surface area contributed by atoms with E-state index in [9.17, 15) is 0 Å². The molecule has 2 aromatic carbocycles. The molecule has 1 fully saturated rings. The maximum Gasteiger partial charge on any atom is 0.122 e. The second-order valence-corrected chi connectivity index (χ2v) is 5.96. The Morgan fingerprint density at radius 3 is 2.70 bits per heavy atom. The molecule has 0 radical (unpaired) electrons. The van der Waals surface area contributed by atoms with Crippen molar-refractivity contribution in [3.63, 3.8) is 0 Å². The molecule has 0 aromatic heterocycles. The van der Waals surface area contributed by atoms with Gasteiger partial charge in [0.15, 0.2) is 0 Å². The lowest BCUT2D eigenvalue weighted by Crippen LogP contribution is -2.29. The van der Waals surface area contributed by atoms with E-state index in [4.69, 9.17) is 9.47 Å². The fourth-order valence-electron chi connectivity index (χ4n) is 2.91. The molecule has 2 aromatic rings. The Morgan fingerprint density at radius 1 is 1.04 bits per heavy atom. The molecule has 1 saturated heterocycles. The van der Waals surface area contributed by atoms with Crippen LogP contribution in [0.1, 0.15) is 24.0 Å². The molecule has 0 amide bonds. The number of hydrogen-bond donors (Lipinski definition) is 1. The second kappa shape index (κ2) is 8.70. The minimum Gasteiger partial charge on any atom is -0.492 e. The summed E-state index contributed by atoms with van der Waals surface area (Å²) in [5, 5.41) is 3.42. The van der Waals surface area contributed by atoms with E-state index in [0.717, 1.165) is 31.9 Å². The number of para-hydroxylation sites is 1. The molecule has 1 aliphatic heterocycles. The molecule has 0 aliphatic carbocycles. The van der Waals surface area contributed by atoms with Crippen molar-refractivity contribution < 1.29 is 9.47 Å². The number of benzene rings is 2. The summed E-state index contributed by atoms with van der Waals surface area (Å²) in [6.07, 6.45) is 3.66. The summed E-state index contributed by atoms with van der Waals surface area (Å²) in [4.78, 5) is 0. The third-order valence-corrected chi connectivity index (χ3v) is 4.14. The molecule has 0 spiro atoms. The zero-order valence-corrected chi connectivity index (χ0v) is 13.5. The van der Waals surface area contributed by atoms with E-state index in [1.807, 2.05) is 12.1 Å². The number of hydrogen-bond acceptors (Lipinski definition) is 3. The van der Waals surface area contributed by atoms with Crippen LogP contribution in [0.4, 0.5) is 0 Å². The van der Waals surface area contributed by atoms with Crippen LogP contribution in [-0.2, 0) is 11.2 Å². The van der Waals surface area contributed by atoms with Gasteiger partial charge in [0.1, 0.15) is 12.4 Å².